The van der Waals surface area contributed by atoms with Crippen molar-refractivity contribution >= 4 is 17.9 Å². The fourth-order valence-electron chi connectivity index (χ4n) is 3.17. The predicted octanol–water partition coefficient (Wildman–Crippen LogP) is 3.88. The molecule has 3 N–H and O–H groups in total. The lowest BCUT2D eigenvalue weighted by Crippen LogP contribution is -2.51. The van der Waals surface area contributed by atoms with Crippen molar-refractivity contribution in [1.29, 1.82) is 0 Å². The van der Waals surface area contributed by atoms with Gasteiger partial charge in [-0.05, 0) is 32.4 Å². The van der Waals surface area contributed by atoms with Crippen LogP contribution < -0.4 is 5.73 Å². The Labute approximate surface area is 160 Å². The normalized spacial score (nSPS) is 21.0. The molecular formula is C19H21F3N4O2. The van der Waals surface area contributed by atoms with Crippen LogP contribution in [0.25, 0.3) is 11.8 Å². The Morgan fingerprint density at radius 2 is 2.04 bits per heavy atom. The first kappa shape index (κ1) is 19.9. The van der Waals surface area contributed by atoms with Crippen LogP contribution in [0.15, 0.2) is 24.3 Å². The van der Waals surface area contributed by atoms with Gasteiger partial charge in [-0.2, -0.15) is 18.3 Å². The van der Waals surface area contributed by atoms with E-state index in [0.29, 0.717) is 5.56 Å². The summed E-state index contributed by atoms with van der Waals surface area (Å²) in [5, 5.41) is 5.89. The molecule has 6 nitrogen and oxygen atoms in total. The lowest BCUT2D eigenvalue weighted by molar-refractivity contribution is -0.141. The summed E-state index contributed by atoms with van der Waals surface area (Å²) in [6, 6.07) is 7.18. The summed E-state index contributed by atoms with van der Waals surface area (Å²) >= 11 is 0. The van der Waals surface area contributed by atoms with E-state index >= 15 is 0 Å². The fourth-order valence-corrected chi connectivity index (χ4v) is 3.17. The molecule has 1 aliphatic rings. The number of H-pyrrole nitrogens is 1. The van der Waals surface area contributed by atoms with Crippen LogP contribution in [0.2, 0.25) is 0 Å². The van der Waals surface area contributed by atoms with E-state index in [0.717, 1.165) is 10.5 Å². The number of amides is 1. The van der Waals surface area contributed by atoms with E-state index in [4.69, 9.17) is 10.5 Å². The molecule has 150 valence electrons. The highest BCUT2D eigenvalue weighted by atomic mass is 19.4. The lowest BCUT2D eigenvalue weighted by Gasteiger charge is -2.38. The molecule has 9 heteroatoms. The molecule has 2 heterocycles. The van der Waals surface area contributed by atoms with Crippen molar-refractivity contribution in [3.05, 3.63) is 52.3 Å². The molecule has 1 amide bonds. The highest BCUT2D eigenvalue weighted by Crippen LogP contribution is 2.43. The van der Waals surface area contributed by atoms with Crippen LogP contribution in [0.4, 0.5) is 18.0 Å². The first-order chi connectivity index (χ1) is 13.0. The number of fused-ring (bicyclic) bond motifs is 1. The van der Waals surface area contributed by atoms with E-state index < -0.39 is 23.5 Å². The Hall–Kier alpha value is -2.81. The number of hydrogen-bond donors (Lipinski definition) is 2. The fraction of sp³-hybridized carbons (Fsp3) is 0.368. The van der Waals surface area contributed by atoms with Gasteiger partial charge in [-0.25, -0.2) is 4.79 Å². The minimum atomic E-state index is -4.72. The summed E-state index contributed by atoms with van der Waals surface area (Å²) in [5.74, 6) is 0. The average Bonchev–Trinajstić information content (AvgIpc) is 3.06. The number of aromatic nitrogens is 2. The molecule has 0 aliphatic carbocycles. The van der Waals surface area contributed by atoms with Crippen LogP contribution in [-0.2, 0) is 16.5 Å². The van der Waals surface area contributed by atoms with Gasteiger partial charge in [0.1, 0.15) is 0 Å². The SMILES string of the molecule is CCOC(=O)N1CC(C)(N)c2[nH]nc(C(F)(F)F)c2C1=Cc1ccc(C)cc1. The minimum absolute atomic E-state index is 0.0429. The molecule has 0 fully saturated rings. The number of benzene rings is 1. The summed E-state index contributed by atoms with van der Waals surface area (Å²) < 4.78 is 45.9. The van der Waals surface area contributed by atoms with Crippen molar-refractivity contribution in [2.45, 2.75) is 32.5 Å². The zero-order chi connectivity index (χ0) is 20.7. The number of alkyl halides is 3. The number of nitrogens with two attached hydrogens (primary N) is 1. The van der Waals surface area contributed by atoms with Crippen LogP contribution in [0.5, 0.6) is 0 Å². The van der Waals surface area contributed by atoms with Crippen LogP contribution in [0.1, 0.15) is 41.9 Å². The molecular weight excluding hydrogens is 373 g/mol. The minimum Gasteiger partial charge on any atom is -0.449 e. The number of rotatable bonds is 2. The van der Waals surface area contributed by atoms with Crippen molar-refractivity contribution in [3.8, 4) is 0 Å². The van der Waals surface area contributed by atoms with Gasteiger partial charge in [-0.15, -0.1) is 0 Å². The van der Waals surface area contributed by atoms with Gasteiger partial charge in [0.05, 0.1) is 35.6 Å². The first-order valence-corrected chi connectivity index (χ1v) is 8.72. The topological polar surface area (TPSA) is 84.2 Å². The molecule has 0 saturated carbocycles. The molecule has 0 spiro atoms. The van der Waals surface area contributed by atoms with E-state index in [-0.39, 0.29) is 30.1 Å². The van der Waals surface area contributed by atoms with E-state index in [9.17, 15) is 18.0 Å². The zero-order valence-corrected chi connectivity index (χ0v) is 15.7. The molecule has 28 heavy (non-hydrogen) atoms. The van der Waals surface area contributed by atoms with Gasteiger partial charge >= 0.3 is 12.3 Å². The molecule has 0 bridgehead atoms. The molecule has 3 rings (SSSR count). The van der Waals surface area contributed by atoms with Crippen LogP contribution in [0.3, 0.4) is 0 Å². The van der Waals surface area contributed by atoms with Gasteiger partial charge in [0.2, 0.25) is 0 Å². The second-order valence-corrected chi connectivity index (χ2v) is 6.96. The van der Waals surface area contributed by atoms with Gasteiger partial charge in [0.15, 0.2) is 5.69 Å². The van der Waals surface area contributed by atoms with E-state index in [1.807, 2.05) is 19.1 Å². The third kappa shape index (κ3) is 3.62. The van der Waals surface area contributed by atoms with Gasteiger partial charge < -0.3 is 10.5 Å². The van der Waals surface area contributed by atoms with E-state index in [1.54, 1.807) is 26.0 Å². The van der Waals surface area contributed by atoms with Crippen LogP contribution in [-0.4, -0.2) is 34.3 Å². The molecule has 1 atom stereocenters. The number of aromatic amines is 1. The molecule has 1 unspecified atom stereocenters. The summed E-state index contributed by atoms with van der Waals surface area (Å²) in [6.45, 7) is 5.09. The van der Waals surface area contributed by atoms with Crippen LogP contribution >= 0.6 is 0 Å². The van der Waals surface area contributed by atoms with Gasteiger partial charge in [-0.3, -0.25) is 10.00 Å². The van der Waals surface area contributed by atoms with Crippen molar-refractivity contribution < 1.29 is 22.7 Å². The van der Waals surface area contributed by atoms with Crippen molar-refractivity contribution in [1.82, 2.24) is 15.1 Å². The molecule has 0 radical (unpaired) electrons. The third-order valence-corrected chi connectivity index (χ3v) is 4.51. The van der Waals surface area contributed by atoms with Crippen molar-refractivity contribution in [2.75, 3.05) is 13.2 Å². The van der Waals surface area contributed by atoms with Gasteiger partial charge in [0, 0.05) is 0 Å². The number of carbonyl (C=O) groups excluding carboxylic acids is 1. The molecule has 1 aromatic heterocycles. The smallest absolute Gasteiger partial charge is 0.435 e. The second-order valence-electron chi connectivity index (χ2n) is 6.96. The Morgan fingerprint density at radius 1 is 1.39 bits per heavy atom. The molecule has 2 aromatic rings. The lowest BCUT2D eigenvalue weighted by atomic mass is 9.87. The largest absolute Gasteiger partial charge is 0.449 e. The number of halogens is 3. The highest BCUT2D eigenvalue weighted by Gasteiger charge is 2.47. The number of carbonyl (C=O) groups is 1. The third-order valence-electron chi connectivity index (χ3n) is 4.51. The number of ether oxygens (including phenoxy) is 1. The van der Waals surface area contributed by atoms with E-state index in [1.165, 1.54) is 6.08 Å². The first-order valence-electron chi connectivity index (χ1n) is 8.72. The second kappa shape index (κ2) is 6.97. The highest BCUT2D eigenvalue weighted by molar-refractivity contribution is 5.92. The number of nitrogens with zero attached hydrogens (tertiary/aromatic N) is 2. The summed E-state index contributed by atoms with van der Waals surface area (Å²) in [4.78, 5) is 13.7. The number of nitrogens with one attached hydrogen (secondary N) is 1. The standard InChI is InChI=1S/C19H21F3N4O2/c1-4-28-17(27)26-10-18(3,23)15-14(16(25-24-15)19(20,21)22)13(26)9-12-7-5-11(2)6-8-12/h5-9H,4,10,23H2,1-3H3,(H,24,25). The summed E-state index contributed by atoms with van der Waals surface area (Å²) in [5.41, 5.74) is 5.42. The van der Waals surface area contributed by atoms with E-state index in [2.05, 4.69) is 10.2 Å². The molecule has 1 aliphatic heterocycles. The number of hydrogen-bond acceptors (Lipinski definition) is 4. The Kier molecular flexibility index (Phi) is 4.97. The Morgan fingerprint density at radius 3 is 2.61 bits per heavy atom. The molecule has 0 saturated heterocycles. The van der Waals surface area contributed by atoms with Crippen molar-refractivity contribution in [3.63, 3.8) is 0 Å². The maximum absolute atomic E-state index is 13.6. The zero-order valence-electron chi connectivity index (χ0n) is 15.7. The quantitative estimate of drug-likeness (QED) is 0.810. The monoisotopic (exact) mass is 394 g/mol. The van der Waals surface area contributed by atoms with Crippen molar-refractivity contribution in [2.24, 2.45) is 5.73 Å². The van der Waals surface area contributed by atoms with Crippen LogP contribution in [0, 0.1) is 6.92 Å². The maximum atomic E-state index is 13.6. The van der Waals surface area contributed by atoms with Gasteiger partial charge in [-0.1, -0.05) is 29.8 Å². The maximum Gasteiger partial charge on any atom is 0.435 e. The van der Waals surface area contributed by atoms with Gasteiger partial charge in [0.25, 0.3) is 0 Å². The summed E-state index contributed by atoms with van der Waals surface area (Å²) in [6.07, 6.45) is -3.98. The number of aryl methyl sites for hydroxylation is 1. The predicted molar refractivity (Wildman–Crippen MR) is 97.9 cm³/mol. The summed E-state index contributed by atoms with van der Waals surface area (Å²) in [7, 11) is 0. The Balaban J connectivity index is 2.25. The Bertz CT molecular complexity index is 901. The average molecular weight is 394 g/mol. The molecule has 1 aromatic carbocycles.